The molecule has 4 heteroatoms. The van der Waals surface area contributed by atoms with Crippen LogP contribution < -0.4 is 9.80 Å². The van der Waals surface area contributed by atoms with E-state index in [2.05, 4.69) is 159 Å². The topological polar surface area (TPSA) is 46.9 Å². The first-order valence-electron chi connectivity index (χ1n) is 16.7. The maximum Gasteiger partial charge on any atom is 0.0727 e. The molecular formula is C44H42N2O2. The molecule has 48 heavy (non-hydrogen) atoms. The Bertz CT molecular complexity index is 1730. The van der Waals surface area contributed by atoms with Crippen LogP contribution in [0.4, 0.5) is 34.1 Å². The van der Waals surface area contributed by atoms with Crippen LogP contribution in [0.25, 0.3) is 0 Å². The first-order chi connectivity index (χ1) is 23.3. The quantitative estimate of drug-likeness (QED) is 0.176. The molecule has 0 unspecified atom stereocenters. The predicted octanol–water partition coefficient (Wildman–Crippen LogP) is 10.5. The predicted molar refractivity (Wildman–Crippen MR) is 199 cm³/mol. The molecular weight excluding hydrogens is 588 g/mol. The Balaban J connectivity index is 1.20. The summed E-state index contributed by atoms with van der Waals surface area (Å²) in [5.41, 5.74) is 12.9. The summed E-state index contributed by atoms with van der Waals surface area (Å²) in [6.45, 7) is 8.49. The third kappa shape index (κ3) is 5.68. The highest BCUT2D eigenvalue weighted by molar-refractivity contribution is 5.82. The molecule has 6 aromatic rings. The van der Waals surface area contributed by atoms with Crippen molar-refractivity contribution in [2.45, 2.75) is 51.7 Å². The van der Waals surface area contributed by atoms with Gasteiger partial charge in [0.2, 0.25) is 0 Å². The summed E-state index contributed by atoms with van der Waals surface area (Å²) < 4.78 is 0. The van der Waals surface area contributed by atoms with E-state index < -0.39 is 12.2 Å². The zero-order chi connectivity index (χ0) is 33.4. The average Bonchev–Trinajstić information content (AvgIpc) is 3.09. The van der Waals surface area contributed by atoms with Crippen LogP contribution in [0.2, 0.25) is 0 Å². The summed E-state index contributed by atoms with van der Waals surface area (Å²) in [5.74, 6) is -0.734. The van der Waals surface area contributed by atoms with E-state index in [1.165, 1.54) is 0 Å². The third-order valence-electron chi connectivity index (χ3n) is 9.77. The largest absolute Gasteiger partial charge is 0.392 e. The lowest BCUT2D eigenvalue weighted by atomic mass is 9.62. The van der Waals surface area contributed by atoms with Crippen molar-refractivity contribution in [1.82, 2.24) is 0 Å². The van der Waals surface area contributed by atoms with E-state index in [1.54, 1.807) is 0 Å². The normalized spacial score (nSPS) is 18.6. The van der Waals surface area contributed by atoms with Crippen LogP contribution in [-0.4, -0.2) is 22.4 Å². The van der Waals surface area contributed by atoms with Gasteiger partial charge in [-0.05, 0) is 110 Å². The minimum atomic E-state index is -0.701. The number of nitrogens with zero attached hydrogens (tertiary/aromatic N) is 2. The maximum atomic E-state index is 11.7. The Hall–Kier alpha value is -5.16. The lowest BCUT2D eigenvalue weighted by molar-refractivity contribution is -0.0785. The van der Waals surface area contributed by atoms with Gasteiger partial charge in [0.05, 0.1) is 23.6 Å². The van der Waals surface area contributed by atoms with E-state index in [-0.39, 0.29) is 11.8 Å². The van der Waals surface area contributed by atoms with Crippen molar-refractivity contribution in [3.63, 3.8) is 0 Å². The van der Waals surface area contributed by atoms with E-state index in [0.29, 0.717) is 0 Å². The van der Waals surface area contributed by atoms with E-state index >= 15 is 0 Å². The molecule has 1 aliphatic carbocycles. The standard InChI is InChI=1S/C44H42N2O2/c1-29-25-33(26-30(2)41(29)45(35-17-9-5-10-18-35)36-19-11-6-12-20-36)39-43(47)40(44(39)48)34-27-31(3)42(32(4)28-34)46(37-21-13-7-14-22-37)38-23-15-8-16-24-38/h5-28,39-40,43-44,47-48H,1-4H3. The molecule has 1 saturated carbocycles. The van der Waals surface area contributed by atoms with Gasteiger partial charge in [-0.1, -0.05) is 97.1 Å². The van der Waals surface area contributed by atoms with Gasteiger partial charge in [0, 0.05) is 34.6 Å². The van der Waals surface area contributed by atoms with Crippen LogP contribution in [0.1, 0.15) is 45.2 Å². The average molecular weight is 631 g/mol. The molecule has 0 atom stereocenters. The molecule has 6 aromatic carbocycles. The van der Waals surface area contributed by atoms with Gasteiger partial charge in [0.1, 0.15) is 0 Å². The number of hydrogen-bond donors (Lipinski definition) is 2. The zero-order valence-electron chi connectivity index (χ0n) is 28.0. The molecule has 0 radical (unpaired) electrons. The highest BCUT2D eigenvalue weighted by Gasteiger charge is 2.50. The van der Waals surface area contributed by atoms with Crippen LogP contribution in [0.5, 0.6) is 0 Å². The van der Waals surface area contributed by atoms with Gasteiger partial charge in [0.15, 0.2) is 0 Å². The number of benzene rings is 6. The molecule has 0 bridgehead atoms. The van der Waals surface area contributed by atoms with Crippen LogP contribution in [0, 0.1) is 27.7 Å². The number of aliphatic hydroxyl groups excluding tert-OH is 2. The van der Waals surface area contributed by atoms with Gasteiger partial charge >= 0.3 is 0 Å². The Morgan fingerprint density at radius 1 is 0.375 bits per heavy atom. The zero-order valence-corrected chi connectivity index (χ0v) is 28.0. The Morgan fingerprint density at radius 3 is 0.833 bits per heavy atom. The molecule has 0 aromatic heterocycles. The second-order valence-electron chi connectivity index (χ2n) is 13.1. The van der Waals surface area contributed by atoms with E-state index in [1.807, 2.05) is 24.3 Å². The van der Waals surface area contributed by atoms with Crippen LogP contribution in [0.15, 0.2) is 146 Å². The number of rotatable bonds is 8. The van der Waals surface area contributed by atoms with Crippen molar-refractivity contribution in [2.24, 2.45) is 0 Å². The van der Waals surface area contributed by atoms with Gasteiger partial charge in [-0.25, -0.2) is 0 Å². The number of hydrogen-bond acceptors (Lipinski definition) is 4. The van der Waals surface area contributed by atoms with Crippen molar-refractivity contribution in [1.29, 1.82) is 0 Å². The lowest BCUT2D eigenvalue weighted by Gasteiger charge is -2.47. The molecule has 0 spiro atoms. The van der Waals surface area contributed by atoms with Crippen molar-refractivity contribution >= 4 is 34.1 Å². The molecule has 4 nitrogen and oxygen atoms in total. The van der Waals surface area contributed by atoms with Crippen LogP contribution in [0.3, 0.4) is 0 Å². The minimum Gasteiger partial charge on any atom is -0.392 e. The minimum absolute atomic E-state index is 0.367. The fourth-order valence-corrected chi connectivity index (χ4v) is 7.69. The Labute approximate surface area is 284 Å². The number of para-hydroxylation sites is 4. The monoisotopic (exact) mass is 630 g/mol. The Morgan fingerprint density at radius 2 is 0.604 bits per heavy atom. The fraction of sp³-hybridized carbons (Fsp3) is 0.182. The van der Waals surface area contributed by atoms with Gasteiger partial charge < -0.3 is 20.0 Å². The highest BCUT2D eigenvalue weighted by Crippen LogP contribution is 2.51. The summed E-state index contributed by atoms with van der Waals surface area (Å²) in [4.78, 5) is 4.57. The molecule has 0 amide bonds. The summed E-state index contributed by atoms with van der Waals surface area (Å²) in [5, 5.41) is 23.4. The summed E-state index contributed by atoms with van der Waals surface area (Å²) in [6.07, 6.45) is -1.40. The van der Waals surface area contributed by atoms with Gasteiger partial charge in [-0.3, -0.25) is 0 Å². The summed E-state index contributed by atoms with van der Waals surface area (Å²) >= 11 is 0. The van der Waals surface area contributed by atoms with Crippen LogP contribution >= 0.6 is 0 Å². The van der Waals surface area contributed by atoms with E-state index in [9.17, 15) is 10.2 Å². The molecule has 240 valence electrons. The number of aliphatic hydroxyl groups is 2. The highest BCUT2D eigenvalue weighted by atomic mass is 16.3. The van der Waals surface area contributed by atoms with Gasteiger partial charge in [-0.2, -0.15) is 0 Å². The molecule has 0 saturated heterocycles. The van der Waals surface area contributed by atoms with Crippen LogP contribution in [-0.2, 0) is 0 Å². The maximum absolute atomic E-state index is 11.7. The summed E-state index contributed by atoms with van der Waals surface area (Å²) in [7, 11) is 0. The number of aryl methyl sites for hydroxylation is 4. The molecule has 0 aliphatic heterocycles. The van der Waals surface area contributed by atoms with Gasteiger partial charge in [0.25, 0.3) is 0 Å². The second kappa shape index (κ2) is 13.2. The van der Waals surface area contributed by atoms with E-state index in [0.717, 1.165) is 67.5 Å². The Kier molecular flexibility index (Phi) is 8.62. The van der Waals surface area contributed by atoms with Crippen molar-refractivity contribution in [3.05, 3.63) is 179 Å². The molecule has 0 heterocycles. The first-order valence-corrected chi connectivity index (χ1v) is 16.7. The smallest absolute Gasteiger partial charge is 0.0727 e. The van der Waals surface area contributed by atoms with Crippen molar-refractivity contribution < 1.29 is 10.2 Å². The molecule has 1 fully saturated rings. The van der Waals surface area contributed by atoms with Crippen molar-refractivity contribution in [2.75, 3.05) is 9.80 Å². The molecule has 2 N–H and O–H groups in total. The summed E-state index contributed by atoms with van der Waals surface area (Å²) in [6, 6.07) is 50.2. The molecule has 1 aliphatic rings. The van der Waals surface area contributed by atoms with Crippen molar-refractivity contribution in [3.8, 4) is 0 Å². The molecule has 7 rings (SSSR count). The third-order valence-corrected chi connectivity index (χ3v) is 9.77. The number of anilines is 6. The van der Waals surface area contributed by atoms with Gasteiger partial charge in [-0.15, -0.1) is 0 Å². The SMILES string of the molecule is Cc1cc(C2C(O)C(c3cc(C)c(N(c4ccccc4)c4ccccc4)c(C)c3)C2O)cc(C)c1N(c1ccccc1)c1ccccc1. The second-order valence-corrected chi connectivity index (χ2v) is 13.1. The van der Waals surface area contributed by atoms with E-state index in [4.69, 9.17) is 0 Å². The lowest BCUT2D eigenvalue weighted by Crippen LogP contribution is -2.51. The first kappa shape index (κ1) is 31.4. The fourth-order valence-electron chi connectivity index (χ4n) is 7.69.